The van der Waals surface area contributed by atoms with E-state index < -0.39 is 5.79 Å². The van der Waals surface area contributed by atoms with E-state index in [2.05, 4.69) is 10.1 Å². The molecule has 17 heavy (non-hydrogen) atoms. The molecular formula is C12H22N2O3. The van der Waals surface area contributed by atoms with E-state index in [1.54, 1.807) is 7.11 Å². The van der Waals surface area contributed by atoms with Gasteiger partial charge in [-0.25, -0.2) is 0 Å². The second-order valence-electron chi connectivity index (χ2n) is 5.06. The molecule has 98 valence electrons. The van der Waals surface area contributed by atoms with Crippen LogP contribution in [0.15, 0.2) is 5.10 Å². The van der Waals surface area contributed by atoms with E-state index in [4.69, 9.17) is 14.2 Å². The number of hydrogen-bond acceptors (Lipinski definition) is 5. The lowest BCUT2D eigenvalue weighted by Gasteiger charge is -2.32. The summed E-state index contributed by atoms with van der Waals surface area (Å²) in [6.07, 6.45) is 2.33. The van der Waals surface area contributed by atoms with Crippen molar-refractivity contribution in [2.24, 2.45) is 5.10 Å². The second kappa shape index (κ2) is 5.33. The van der Waals surface area contributed by atoms with Crippen molar-refractivity contribution in [1.29, 1.82) is 0 Å². The summed E-state index contributed by atoms with van der Waals surface area (Å²) in [6, 6.07) is 0.405. The molecule has 0 unspecified atom stereocenters. The minimum atomic E-state index is -0.476. The zero-order valence-corrected chi connectivity index (χ0v) is 10.9. The fourth-order valence-corrected chi connectivity index (χ4v) is 2.15. The third-order valence-electron chi connectivity index (χ3n) is 3.15. The molecule has 0 aromatic rings. The molecule has 2 saturated heterocycles. The Morgan fingerprint density at radius 2 is 2.12 bits per heavy atom. The lowest BCUT2D eigenvalue weighted by atomic mass is 10.2. The Kier molecular flexibility index (Phi) is 4.01. The van der Waals surface area contributed by atoms with Gasteiger partial charge in [-0.3, -0.25) is 5.01 Å². The highest BCUT2D eigenvalue weighted by molar-refractivity contribution is 5.87. The van der Waals surface area contributed by atoms with Gasteiger partial charge in [0.1, 0.15) is 0 Å². The SMILES string of the molecule is COC[C@H]1CCCN1N=C1COC(C)(C)OC1. The first-order valence-electron chi connectivity index (χ1n) is 6.20. The van der Waals surface area contributed by atoms with E-state index >= 15 is 0 Å². The van der Waals surface area contributed by atoms with Crippen LogP contribution in [0.5, 0.6) is 0 Å². The Balaban J connectivity index is 1.91. The lowest BCUT2D eigenvalue weighted by Crippen LogP contribution is -2.41. The van der Waals surface area contributed by atoms with Crippen LogP contribution >= 0.6 is 0 Å². The van der Waals surface area contributed by atoms with Crippen LogP contribution in [-0.4, -0.2) is 56.0 Å². The van der Waals surface area contributed by atoms with Gasteiger partial charge in [-0.15, -0.1) is 0 Å². The number of ether oxygens (including phenoxy) is 3. The van der Waals surface area contributed by atoms with Crippen molar-refractivity contribution in [2.75, 3.05) is 33.5 Å². The molecule has 5 nitrogen and oxygen atoms in total. The van der Waals surface area contributed by atoms with Gasteiger partial charge in [0.15, 0.2) is 5.79 Å². The number of hydrogen-bond donors (Lipinski definition) is 0. The zero-order valence-electron chi connectivity index (χ0n) is 10.9. The van der Waals surface area contributed by atoms with Gasteiger partial charge in [0, 0.05) is 13.7 Å². The molecule has 2 heterocycles. The van der Waals surface area contributed by atoms with Crippen LogP contribution in [0.3, 0.4) is 0 Å². The maximum Gasteiger partial charge on any atom is 0.163 e. The fraction of sp³-hybridized carbons (Fsp3) is 0.917. The predicted octanol–water partition coefficient (Wildman–Crippen LogP) is 1.24. The van der Waals surface area contributed by atoms with E-state index in [-0.39, 0.29) is 0 Å². The average molecular weight is 242 g/mol. The third kappa shape index (κ3) is 3.40. The largest absolute Gasteiger partial charge is 0.382 e. The van der Waals surface area contributed by atoms with Gasteiger partial charge in [-0.05, 0) is 26.7 Å². The molecule has 2 aliphatic rings. The first-order valence-corrected chi connectivity index (χ1v) is 6.20. The van der Waals surface area contributed by atoms with Gasteiger partial charge >= 0.3 is 0 Å². The minimum Gasteiger partial charge on any atom is -0.382 e. The molecule has 0 amide bonds. The van der Waals surface area contributed by atoms with Crippen molar-refractivity contribution in [3.63, 3.8) is 0 Å². The summed E-state index contributed by atoms with van der Waals surface area (Å²) in [4.78, 5) is 0. The molecule has 0 saturated carbocycles. The van der Waals surface area contributed by atoms with Gasteiger partial charge in [0.25, 0.3) is 0 Å². The summed E-state index contributed by atoms with van der Waals surface area (Å²) in [7, 11) is 1.74. The number of rotatable bonds is 3. The van der Waals surface area contributed by atoms with Crippen LogP contribution in [0.2, 0.25) is 0 Å². The van der Waals surface area contributed by atoms with Crippen LogP contribution in [0, 0.1) is 0 Å². The first-order chi connectivity index (χ1) is 8.11. The molecule has 0 radical (unpaired) electrons. The minimum absolute atomic E-state index is 0.405. The highest BCUT2D eigenvalue weighted by Gasteiger charge is 2.28. The summed E-state index contributed by atoms with van der Waals surface area (Å²) in [5.41, 5.74) is 0.965. The molecular weight excluding hydrogens is 220 g/mol. The fourth-order valence-electron chi connectivity index (χ4n) is 2.15. The van der Waals surface area contributed by atoms with Crippen molar-refractivity contribution < 1.29 is 14.2 Å². The molecule has 5 heteroatoms. The van der Waals surface area contributed by atoms with Crippen molar-refractivity contribution in [3.8, 4) is 0 Å². The summed E-state index contributed by atoms with van der Waals surface area (Å²) < 4.78 is 16.3. The van der Waals surface area contributed by atoms with Crippen molar-refractivity contribution in [1.82, 2.24) is 5.01 Å². The van der Waals surface area contributed by atoms with E-state index in [1.165, 1.54) is 6.42 Å². The summed E-state index contributed by atoms with van der Waals surface area (Å²) >= 11 is 0. The van der Waals surface area contributed by atoms with Crippen molar-refractivity contribution in [3.05, 3.63) is 0 Å². The van der Waals surface area contributed by atoms with Crippen LogP contribution in [-0.2, 0) is 14.2 Å². The molecule has 0 aromatic carbocycles. The quantitative estimate of drug-likeness (QED) is 0.746. The molecule has 0 bridgehead atoms. The Morgan fingerprint density at radius 3 is 2.76 bits per heavy atom. The van der Waals surface area contributed by atoms with E-state index in [0.29, 0.717) is 19.3 Å². The Labute approximate surface area is 103 Å². The van der Waals surface area contributed by atoms with Crippen LogP contribution in [0.1, 0.15) is 26.7 Å². The topological polar surface area (TPSA) is 43.3 Å². The molecule has 1 atom stereocenters. The Hall–Kier alpha value is -0.650. The summed E-state index contributed by atoms with van der Waals surface area (Å²) in [6.45, 7) is 6.71. The first kappa shape index (κ1) is 12.8. The van der Waals surface area contributed by atoms with Crippen LogP contribution in [0.4, 0.5) is 0 Å². The Morgan fingerprint density at radius 1 is 1.41 bits per heavy atom. The average Bonchev–Trinajstić information content (AvgIpc) is 2.70. The highest BCUT2D eigenvalue weighted by atomic mass is 16.7. The van der Waals surface area contributed by atoms with Crippen molar-refractivity contribution >= 4 is 5.71 Å². The molecule has 0 N–H and O–H groups in total. The molecule has 2 aliphatic heterocycles. The van der Waals surface area contributed by atoms with Gasteiger partial charge < -0.3 is 14.2 Å². The van der Waals surface area contributed by atoms with Gasteiger partial charge in [0.05, 0.1) is 31.6 Å². The maximum atomic E-state index is 5.57. The molecule has 0 aliphatic carbocycles. The summed E-state index contributed by atoms with van der Waals surface area (Å²) in [5.74, 6) is -0.476. The normalized spacial score (nSPS) is 28.5. The maximum absolute atomic E-state index is 5.57. The standard InChI is InChI=1S/C12H22N2O3/c1-12(2)16-7-10(8-17-12)13-14-6-4-5-11(14)9-15-3/h11H,4-9H2,1-3H3/t11-/m1/s1. The molecule has 2 rings (SSSR count). The van der Waals surface area contributed by atoms with Gasteiger partial charge in [-0.1, -0.05) is 0 Å². The Bertz CT molecular complexity index is 279. The van der Waals surface area contributed by atoms with E-state index in [0.717, 1.165) is 25.3 Å². The predicted molar refractivity (Wildman–Crippen MR) is 65.0 cm³/mol. The van der Waals surface area contributed by atoms with E-state index in [9.17, 15) is 0 Å². The number of hydrazone groups is 1. The van der Waals surface area contributed by atoms with Gasteiger partial charge in [0.2, 0.25) is 0 Å². The summed E-state index contributed by atoms with van der Waals surface area (Å²) in [5, 5.41) is 6.74. The number of nitrogens with zero attached hydrogens (tertiary/aromatic N) is 2. The second-order valence-corrected chi connectivity index (χ2v) is 5.06. The highest BCUT2D eigenvalue weighted by Crippen LogP contribution is 2.20. The van der Waals surface area contributed by atoms with Gasteiger partial charge in [-0.2, -0.15) is 5.10 Å². The molecule has 0 spiro atoms. The van der Waals surface area contributed by atoms with Crippen molar-refractivity contribution in [2.45, 2.75) is 38.5 Å². The lowest BCUT2D eigenvalue weighted by molar-refractivity contribution is -0.211. The number of methoxy groups -OCH3 is 1. The zero-order chi connectivity index (χ0) is 12.3. The smallest absolute Gasteiger partial charge is 0.163 e. The van der Waals surface area contributed by atoms with Crippen LogP contribution in [0.25, 0.3) is 0 Å². The van der Waals surface area contributed by atoms with Crippen LogP contribution < -0.4 is 0 Å². The monoisotopic (exact) mass is 242 g/mol. The molecule has 2 fully saturated rings. The molecule has 0 aromatic heterocycles. The third-order valence-corrected chi connectivity index (χ3v) is 3.15. The van der Waals surface area contributed by atoms with E-state index in [1.807, 2.05) is 13.8 Å².